The molecule has 0 unspecified atom stereocenters. The standard InChI is InChI=1S/C25H18F3N5OS/c26-25(27,28)18-3-1-2-16(12-18)14-30-23(34)17-4-9-21-22(13-17)35-24(32-21)31-19-5-7-20(8-6-19)33-11-10-29-15-33/h1-13,15H,14H2,(H,30,34)(H,31,32). The Morgan fingerprint density at radius 3 is 2.60 bits per heavy atom. The minimum Gasteiger partial charge on any atom is -0.348 e. The summed E-state index contributed by atoms with van der Waals surface area (Å²) in [6.07, 6.45) is 0.880. The number of rotatable bonds is 6. The van der Waals surface area contributed by atoms with E-state index in [1.807, 2.05) is 35.0 Å². The lowest BCUT2D eigenvalue weighted by molar-refractivity contribution is -0.137. The van der Waals surface area contributed by atoms with Crippen LogP contribution >= 0.6 is 11.3 Å². The van der Waals surface area contributed by atoms with E-state index < -0.39 is 11.7 Å². The molecule has 2 heterocycles. The van der Waals surface area contributed by atoms with Crippen LogP contribution in [-0.2, 0) is 12.7 Å². The van der Waals surface area contributed by atoms with Gasteiger partial charge in [-0.2, -0.15) is 13.2 Å². The number of amides is 1. The van der Waals surface area contributed by atoms with Gasteiger partial charge in [0.2, 0.25) is 0 Å². The van der Waals surface area contributed by atoms with Gasteiger partial charge in [0.25, 0.3) is 5.91 Å². The number of hydrogen-bond donors (Lipinski definition) is 2. The summed E-state index contributed by atoms with van der Waals surface area (Å²) in [4.78, 5) is 21.2. The van der Waals surface area contributed by atoms with Crippen LogP contribution in [0.25, 0.3) is 15.9 Å². The normalized spacial score (nSPS) is 11.5. The summed E-state index contributed by atoms with van der Waals surface area (Å²) >= 11 is 1.40. The Morgan fingerprint density at radius 1 is 1.03 bits per heavy atom. The predicted octanol–water partition coefficient (Wildman–Crippen LogP) is 6.17. The molecule has 0 fully saturated rings. The van der Waals surface area contributed by atoms with E-state index in [-0.39, 0.29) is 12.5 Å². The molecule has 5 aromatic rings. The summed E-state index contributed by atoms with van der Waals surface area (Å²) in [7, 11) is 0. The molecule has 0 atom stereocenters. The Balaban J connectivity index is 1.26. The highest BCUT2D eigenvalue weighted by Crippen LogP contribution is 2.30. The smallest absolute Gasteiger partial charge is 0.348 e. The minimum atomic E-state index is -4.43. The van der Waals surface area contributed by atoms with Crippen LogP contribution in [0.1, 0.15) is 21.5 Å². The Morgan fingerprint density at radius 2 is 1.86 bits per heavy atom. The van der Waals surface area contributed by atoms with E-state index >= 15 is 0 Å². The number of anilines is 2. The summed E-state index contributed by atoms with van der Waals surface area (Å²) in [5.41, 5.74) is 2.63. The number of carbonyl (C=O) groups is 1. The SMILES string of the molecule is O=C(NCc1cccc(C(F)(F)F)c1)c1ccc2nc(Nc3ccc(-n4ccnc4)cc3)sc2c1. The van der Waals surface area contributed by atoms with Gasteiger partial charge in [-0.25, -0.2) is 9.97 Å². The van der Waals surface area contributed by atoms with Crippen molar-refractivity contribution in [2.75, 3.05) is 5.32 Å². The van der Waals surface area contributed by atoms with E-state index in [1.54, 1.807) is 36.8 Å². The van der Waals surface area contributed by atoms with Gasteiger partial charge in [0.05, 0.1) is 22.1 Å². The van der Waals surface area contributed by atoms with Crippen molar-refractivity contribution < 1.29 is 18.0 Å². The van der Waals surface area contributed by atoms with Crippen LogP contribution in [0.3, 0.4) is 0 Å². The van der Waals surface area contributed by atoms with E-state index in [4.69, 9.17) is 0 Å². The number of benzene rings is 3. The molecule has 3 aromatic carbocycles. The second kappa shape index (κ2) is 9.22. The first-order chi connectivity index (χ1) is 16.8. The van der Waals surface area contributed by atoms with Crippen LogP contribution in [0.4, 0.5) is 24.0 Å². The van der Waals surface area contributed by atoms with E-state index in [0.717, 1.165) is 33.7 Å². The van der Waals surface area contributed by atoms with Gasteiger partial charge in [0, 0.05) is 35.9 Å². The fourth-order valence-electron chi connectivity index (χ4n) is 3.51. The molecule has 0 aliphatic rings. The van der Waals surface area contributed by atoms with Crippen molar-refractivity contribution in [3.8, 4) is 5.69 Å². The highest BCUT2D eigenvalue weighted by molar-refractivity contribution is 7.22. The van der Waals surface area contributed by atoms with Crippen LogP contribution in [0.5, 0.6) is 0 Å². The molecule has 0 radical (unpaired) electrons. The molecule has 176 valence electrons. The first-order valence-corrected chi connectivity index (χ1v) is 11.4. The first kappa shape index (κ1) is 22.6. The van der Waals surface area contributed by atoms with Crippen molar-refractivity contribution in [1.82, 2.24) is 19.9 Å². The van der Waals surface area contributed by atoms with Crippen LogP contribution in [0.15, 0.2) is 85.5 Å². The van der Waals surface area contributed by atoms with Crippen molar-refractivity contribution in [3.05, 3.63) is 102 Å². The fourth-order valence-corrected chi connectivity index (χ4v) is 4.44. The molecule has 0 bridgehead atoms. The van der Waals surface area contributed by atoms with Crippen LogP contribution in [0.2, 0.25) is 0 Å². The molecule has 5 rings (SSSR count). The number of imidazole rings is 1. The van der Waals surface area contributed by atoms with Crippen molar-refractivity contribution in [2.45, 2.75) is 12.7 Å². The number of carbonyl (C=O) groups excluding carboxylic acids is 1. The van der Waals surface area contributed by atoms with Crippen molar-refractivity contribution >= 4 is 38.3 Å². The molecule has 1 amide bonds. The molecule has 2 N–H and O–H groups in total. The summed E-state index contributed by atoms with van der Waals surface area (Å²) in [6.45, 7) is -0.00858. The Bertz CT molecular complexity index is 1480. The maximum atomic E-state index is 12.9. The van der Waals surface area contributed by atoms with Gasteiger partial charge in [0.1, 0.15) is 0 Å². The molecule has 35 heavy (non-hydrogen) atoms. The number of nitrogens with one attached hydrogen (secondary N) is 2. The van der Waals surface area contributed by atoms with Gasteiger partial charge in [0.15, 0.2) is 5.13 Å². The first-order valence-electron chi connectivity index (χ1n) is 10.6. The lowest BCUT2D eigenvalue weighted by Crippen LogP contribution is -2.22. The third kappa shape index (κ3) is 5.17. The van der Waals surface area contributed by atoms with Crippen molar-refractivity contribution in [2.24, 2.45) is 0 Å². The van der Waals surface area contributed by atoms with Gasteiger partial charge in [-0.3, -0.25) is 4.79 Å². The maximum absolute atomic E-state index is 12.9. The number of aromatic nitrogens is 3. The number of hydrogen-bond acceptors (Lipinski definition) is 5. The molecule has 6 nitrogen and oxygen atoms in total. The largest absolute Gasteiger partial charge is 0.416 e. The topological polar surface area (TPSA) is 71.8 Å². The molecule has 0 saturated heterocycles. The molecular formula is C25H18F3N5OS. The second-order valence-electron chi connectivity index (χ2n) is 7.72. The lowest BCUT2D eigenvalue weighted by atomic mass is 10.1. The zero-order valence-electron chi connectivity index (χ0n) is 18.1. The highest BCUT2D eigenvalue weighted by Gasteiger charge is 2.30. The van der Waals surface area contributed by atoms with Gasteiger partial charge in [-0.15, -0.1) is 0 Å². The van der Waals surface area contributed by atoms with Crippen molar-refractivity contribution in [3.63, 3.8) is 0 Å². The molecule has 0 aliphatic heterocycles. The summed E-state index contributed by atoms with van der Waals surface area (Å²) in [5.74, 6) is -0.373. The molecule has 10 heteroatoms. The quantitative estimate of drug-likeness (QED) is 0.297. The monoisotopic (exact) mass is 493 g/mol. The van der Waals surface area contributed by atoms with E-state index in [2.05, 4.69) is 20.6 Å². The van der Waals surface area contributed by atoms with Crippen molar-refractivity contribution in [1.29, 1.82) is 0 Å². The Labute approximate surface area is 202 Å². The summed E-state index contributed by atoms with van der Waals surface area (Å²) in [5, 5.41) is 6.62. The molecule has 0 spiro atoms. The van der Waals surface area contributed by atoms with E-state index in [9.17, 15) is 18.0 Å². The van der Waals surface area contributed by atoms with Gasteiger partial charge in [-0.05, 0) is 60.2 Å². The third-order valence-corrected chi connectivity index (χ3v) is 6.21. The zero-order valence-corrected chi connectivity index (χ0v) is 18.9. The highest BCUT2D eigenvalue weighted by atomic mass is 32.1. The summed E-state index contributed by atoms with van der Waals surface area (Å²) in [6, 6.07) is 17.8. The van der Waals surface area contributed by atoms with Gasteiger partial charge in [-0.1, -0.05) is 23.5 Å². The molecule has 0 aliphatic carbocycles. The number of nitrogens with zero attached hydrogens (tertiary/aromatic N) is 3. The number of halogens is 3. The van der Waals surface area contributed by atoms with E-state index in [1.165, 1.54) is 17.4 Å². The molecule has 2 aromatic heterocycles. The van der Waals surface area contributed by atoms with Gasteiger partial charge >= 0.3 is 6.18 Å². The lowest BCUT2D eigenvalue weighted by Gasteiger charge is -2.09. The minimum absolute atomic E-state index is 0.00858. The van der Waals surface area contributed by atoms with E-state index in [0.29, 0.717) is 16.3 Å². The molecular weight excluding hydrogens is 475 g/mol. The van der Waals surface area contributed by atoms with Gasteiger partial charge < -0.3 is 15.2 Å². The van der Waals surface area contributed by atoms with Crippen LogP contribution in [0, 0.1) is 0 Å². The number of alkyl halides is 3. The van der Waals surface area contributed by atoms with Crippen LogP contribution in [-0.4, -0.2) is 20.4 Å². The zero-order chi connectivity index (χ0) is 24.4. The average Bonchev–Trinajstić information content (AvgIpc) is 3.52. The Kier molecular flexibility index (Phi) is 5.96. The van der Waals surface area contributed by atoms with Crippen LogP contribution < -0.4 is 10.6 Å². The predicted molar refractivity (Wildman–Crippen MR) is 129 cm³/mol. The average molecular weight is 494 g/mol. The second-order valence-corrected chi connectivity index (χ2v) is 8.75. The molecule has 0 saturated carbocycles. The number of thiazole rings is 1. The third-order valence-electron chi connectivity index (χ3n) is 5.28. The number of fused-ring (bicyclic) bond motifs is 1. The maximum Gasteiger partial charge on any atom is 0.416 e. The fraction of sp³-hybridized carbons (Fsp3) is 0.0800. The summed E-state index contributed by atoms with van der Waals surface area (Å²) < 4.78 is 41.4. The Hall–Kier alpha value is -4.18.